The minimum absolute atomic E-state index is 0.0562. The summed E-state index contributed by atoms with van der Waals surface area (Å²) in [5.41, 5.74) is -1.22. The quantitative estimate of drug-likeness (QED) is 0.899. The highest BCUT2D eigenvalue weighted by Crippen LogP contribution is 2.33. The molecule has 0 aromatic heterocycles. The molecule has 0 heterocycles. The van der Waals surface area contributed by atoms with Gasteiger partial charge in [0.25, 0.3) is 0 Å². The highest BCUT2D eigenvalue weighted by atomic mass is 35.5. The lowest BCUT2D eigenvalue weighted by Gasteiger charge is -2.14. The fraction of sp³-hybridized carbons (Fsp3) is 0.200. The first kappa shape index (κ1) is 15.1. The molecular formula is C10H7ClF3NO4. The third kappa shape index (κ3) is 3.50. The van der Waals surface area contributed by atoms with E-state index in [4.69, 9.17) is 21.4 Å². The molecular weight excluding hydrogens is 291 g/mol. The van der Waals surface area contributed by atoms with Gasteiger partial charge in [-0.2, -0.15) is 13.2 Å². The second-order valence-electron chi connectivity index (χ2n) is 3.29. The number of amides is 1. The normalized spacial score (nSPS) is 11.0. The summed E-state index contributed by atoms with van der Waals surface area (Å²) in [5, 5.41) is 10.3. The summed E-state index contributed by atoms with van der Waals surface area (Å²) in [4.78, 5) is 21.8. The SMILES string of the molecule is COc1cc(Cl)cc(C(=O)O)c1NC(=O)C(F)(F)F. The summed E-state index contributed by atoms with van der Waals surface area (Å²) in [6.07, 6.45) is -5.15. The van der Waals surface area contributed by atoms with Gasteiger partial charge in [0.05, 0.1) is 18.4 Å². The Morgan fingerprint density at radius 1 is 1.37 bits per heavy atom. The number of carbonyl (C=O) groups excluding carboxylic acids is 1. The van der Waals surface area contributed by atoms with Crippen molar-refractivity contribution in [3.8, 4) is 5.75 Å². The lowest BCUT2D eigenvalue weighted by atomic mass is 10.1. The van der Waals surface area contributed by atoms with Crippen LogP contribution in [0, 0.1) is 0 Å². The van der Waals surface area contributed by atoms with Crippen molar-refractivity contribution in [2.45, 2.75) is 6.18 Å². The van der Waals surface area contributed by atoms with Crippen LogP contribution < -0.4 is 10.1 Å². The molecule has 1 aromatic rings. The number of methoxy groups -OCH3 is 1. The summed E-state index contributed by atoms with van der Waals surface area (Å²) in [6, 6.07) is 1.98. The highest BCUT2D eigenvalue weighted by Gasteiger charge is 2.39. The number of nitrogens with one attached hydrogen (secondary N) is 1. The van der Waals surface area contributed by atoms with Crippen molar-refractivity contribution >= 4 is 29.2 Å². The molecule has 0 fully saturated rings. The first-order valence-electron chi connectivity index (χ1n) is 4.65. The van der Waals surface area contributed by atoms with Crippen LogP contribution in [-0.2, 0) is 4.79 Å². The molecule has 0 saturated heterocycles. The number of rotatable bonds is 3. The largest absolute Gasteiger partial charge is 0.494 e. The predicted molar refractivity (Wildman–Crippen MR) is 59.6 cm³/mol. The molecule has 0 atom stereocenters. The Morgan fingerprint density at radius 3 is 2.37 bits per heavy atom. The van der Waals surface area contributed by atoms with E-state index in [0.29, 0.717) is 0 Å². The molecule has 0 spiro atoms. The van der Waals surface area contributed by atoms with Crippen LogP contribution in [0.15, 0.2) is 12.1 Å². The molecule has 1 aromatic carbocycles. The number of ether oxygens (including phenoxy) is 1. The van der Waals surface area contributed by atoms with Crippen LogP contribution in [-0.4, -0.2) is 30.3 Å². The number of carbonyl (C=O) groups is 2. The Balaban J connectivity index is 3.32. The van der Waals surface area contributed by atoms with Crippen molar-refractivity contribution < 1.29 is 32.6 Å². The molecule has 0 unspecified atom stereocenters. The Bertz CT molecular complexity index is 530. The number of carboxylic acid groups (broad SMARTS) is 1. The molecule has 0 radical (unpaired) electrons. The van der Waals surface area contributed by atoms with Crippen LogP contribution in [0.4, 0.5) is 18.9 Å². The molecule has 9 heteroatoms. The van der Waals surface area contributed by atoms with Crippen LogP contribution in [0.25, 0.3) is 0 Å². The molecule has 0 aliphatic heterocycles. The lowest BCUT2D eigenvalue weighted by Crippen LogP contribution is -2.30. The van der Waals surface area contributed by atoms with Gasteiger partial charge in [0, 0.05) is 11.1 Å². The van der Waals surface area contributed by atoms with Crippen molar-refractivity contribution in [2.24, 2.45) is 0 Å². The van der Waals surface area contributed by atoms with E-state index in [2.05, 4.69) is 0 Å². The molecule has 0 bridgehead atoms. The van der Waals surface area contributed by atoms with E-state index >= 15 is 0 Å². The topological polar surface area (TPSA) is 75.6 Å². The number of hydrogen-bond acceptors (Lipinski definition) is 3. The molecule has 0 aliphatic carbocycles. The molecule has 5 nitrogen and oxygen atoms in total. The lowest BCUT2D eigenvalue weighted by molar-refractivity contribution is -0.167. The van der Waals surface area contributed by atoms with Gasteiger partial charge in [0.2, 0.25) is 0 Å². The summed E-state index contributed by atoms with van der Waals surface area (Å²) in [5.74, 6) is -4.16. The van der Waals surface area contributed by atoms with Crippen LogP contribution in [0.5, 0.6) is 5.75 Å². The first-order chi connectivity index (χ1) is 8.66. The number of hydrogen-bond donors (Lipinski definition) is 2. The molecule has 0 aliphatic rings. The van der Waals surface area contributed by atoms with Crippen molar-refractivity contribution in [1.82, 2.24) is 0 Å². The van der Waals surface area contributed by atoms with Gasteiger partial charge in [-0.3, -0.25) is 4.79 Å². The minimum Gasteiger partial charge on any atom is -0.494 e. The van der Waals surface area contributed by atoms with Gasteiger partial charge < -0.3 is 15.2 Å². The van der Waals surface area contributed by atoms with Crippen LogP contribution >= 0.6 is 11.6 Å². The number of aromatic carboxylic acids is 1. The second-order valence-corrected chi connectivity index (χ2v) is 3.72. The van der Waals surface area contributed by atoms with E-state index in [9.17, 15) is 22.8 Å². The molecule has 2 N–H and O–H groups in total. The van der Waals surface area contributed by atoms with Crippen LogP contribution in [0.1, 0.15) is 10.4 Å². The third-order valence-electron chi connectivity index (χ3n) is 2.01. The van der Waals surface area contributed by atoms with Crippen molar-refractivity contribution in [2.75, 3.05) is 12.4 Å². The van der Waals surface area contributed by atoms with Crippen molar-refractivity contribution in [3.63, 3.8) is 0 Å². The van der Waals surface area contributed by atoms with E-state index in [0.717, 1.165) is 19.2 Å². The van der Waals surface area contributed by atoms with Crippen molar-refractivity contribution in [1.29, 1.82) is 0 Å². The third-order valence-corrected chi connectivity index (χ3v) is 2.23. The van der Waals surface area contributed by atoms with Gasteiger partial charge in [-0.25, -0.2) is 4.79 Å². The molecule has 19 heavy (non-hydrogen) atoms. The van der Waals surface area contributed by atoms with E-state index in [1.807, 2.05) is 0 Å². The zero-order valence-electron chi connectivity index (χ0n) is 9.34. The van der Waals surface area contributed by atoms with Crippen LogP contribution in [0.3, 0.4) is 0 Å². The Labute approximate surface area is 109 Å². The number of alkyl halides is 3. The molecule has 104 valence electrons. The fourth-order valence-corrected chi connectivity index (χ4v) is 1.43. The first-order valence-corrected chi connectivity index (χ1v) is 5.03. The average Bonchev–Trinajstić information content (AvgIpc) is 2.28. The van der Waals surface area contributed by atoms with E-state index in [1.54, 1.807) is 0 Å². The van der Waals surface area contributed by atoms with Gasteiger partial charge in [-0.05, 0) is 6.07 Å². The standard InChI is InChI=1S/C10H7ClF3NO4/c1-19-6-3-4(11)2-5(8(16)17)7(6)15-9(18)10(12,13)14/h2-3H,1H3,(H,15,18)(H,16,17). The maximum atomic E-state index is 12.2. The van der Waals surface area contributed by atoms with Gasteiger partial charge in [0.15, 0.2) is 0 Å². The Morgan fingerprint density at radius 2 is 1.95 bits per heavy atom. The van der Waals surface area contributed by atoms with Gasteiger partial charge in [0.1, 0.15) is 5.75 Å². The summed E-state index contributed by atoms with van der Waals surface area (Å²) < 4.78 is 41.2. The summed E-state index contributed by atoms with van der Waals surface area (Å²) in [6.45, 7) is 0. The minimum atomic E-state index is -5.15. The van der Waals surface area contributed by atoms with E-state index in [-0.39, 0.29) is 10.8 Å². The number of halogens is 4. The van der Waals surface area contributed by atoms with Crippen molar-refractivity contribution in [3.05, 3.63) is 22.7 Å². The molecule has 1 amide bonds. The zero-order valence-corrected chi connectivity index (χ0v) is 10.1. The fourth-order valence-electron chi connectivity index (χ4n) is 1.22. The average molecular weight is 298 g/mol. The summed E-state index contributed by atoms with van der Waals surface area (Å²) >= 11 is 5.59. The highest BCUT2D eigenvalue weighted by molar-refractivity contribution is 6.31. The van der Waals surface area contributed by atoms with E-state index in [1.165, 1.54) is 5.32 Å². The van der Waals surface area contributed by atoms with Gasteiger partial charge >= 0.3 is 18.1 Å². The number of carboxylic acids is 1. The Kier molecular flexibility index (Phi) is 4.25. The van der Waals surface area contributed by atoms with Gasteiger partial charge in [-0.1, -0.05) is 11.6 Å². The van der Waals surface area contributed by atoms with E-state index < -0.39 is 29.3 Å². The molecule has 1 rings (SSSR count). The number of benzene rings is 1. The number of anilines is 1. The molecule has 0 saturated carbocycles. The monoisotopic (exact) mass is 297 g/mol. The Hall–Kier alpha value is -1.96. The van der Waals surface area contributed by atoms with Gasteiger partial charge in [-0.15, -0.1) is 0 Å². The van der Waals surface area contributed by atoms with Crippen LogP contribution in [0.2, 0.25) is 5.02 Å². The smallest absolute Gasteiger partial charge is 0.471 e. The maximum absolute atomic E-state index is 12.2. The predicted octanol–water partition coefficient (Wildman–Crippen LogP) is 2.55. The summed E-state index contributed by atoms with van der Waals surface area (Å²) in [7, 11) is 1.10. The second kappa shape index (κ2) is 5.35. The zero-order chi connectivity index (χ0) is 14.8. The maximum Gasteiger partial charge on any atom is 0.471 e.